The molecule has 0 saturated carbocycles. The molecule has 0 unspecified atom stereocenters. The van der Waals surface area contributed by atoms with E-state index in [1.54, 1.807) is 23.0 Å². The molecule has 8 heteroatoms. The zero-order chi connectivity index (χ0) is 18.5. The van der Waals surface area contributed by atoms with Crippen LogP contribution in [-0.4, -0.2) is 26.1 Å². The van der Waals surface area contributed by atoms with Crippen LogP contribution in [-0.2, 0) is 19.9 Å². The number of ether oxygens (including phenoxy) is 1. The molecule has 1 aliphatic rings. The summed E-state index contributed by atoms with van der Waals surface area (Å²) in [5.41, 5.74) is 5.44. The Morgan fingerprint density at radius 1 is 1.12 bits per heavy atom. The summed E-state index contributed by atoms with van der Waals surface area (Å²) in [6.07, 6.45) is -1.37. The van der Waals surface area contributed by atoms with Crippen LogP contribution in [0.4, 0.5) is 13.2 Å². The topological polar surface area (TPSA) is 52.8 Å². The zero-order valence-electron chi connectivity index (χ0n) is 14.1. The summed E-state index contributed by atoms with van der Waals surface area (Å²) in [4.78, 5) is 8.75. The van der Waals surface area contributed by atoms with Gasteiger partial charge in [0.05, 0.1) is 17.1 Å². The predicted octanol–water partition coefficient (Wildman–Crippen LogP) is 3.85. The summed E-state index contributed by atoms with van der Waals surface area (Å²) in [5, 5.41) is 4.61. The van der Waals surface area contributed by atoms with Crippen LogP contribution >= 0.6 is 0 Å². The molecule has 0 atom stereocenters. The smallest absolute Gasteiger partial charge is 0.406 e. The highest BCUT2D eigenvalue weighted by Gasteiger charge is 2.31. The first-order valence-electron chi connectivity index (χ1n) is 8.07. The third-order valence-corrected chi connectivity index (χ3v) is 4.36. The van der Waals surface area contributed by atoms with Crippen LogP contribution in [0.5, 0.6) is 5.75 Å². The molecule has 0 fully saturated rings. The molecule has 0 bridgehead atoms. The van der Waals surface area contributed by atoms with E-state index < -0.39 is 6.36 Å². The molecule has 0 amide bonds. The monoisotopic (exact) mass is 360 g/mol. The number of nitrogens with zero attached hydrogens (tertiary/aromatic N) is 4. The van der Waals surface area contributed by atoms with Crippen LogP contribution in [0, 0.1) is 6.92 Å². The van der Waals surface area contributed by atoms with Gasteiger partial charge in [0.1, 0.15) is 11.6 Å². The Kier molecular flexibility index (Phi) is 3.71. The number of aromatic nitrogens is 4. The molecule has 0 aliphatic heterocycles. The van der Waals surface area contributed by atoms with E-state index in [1.165, 1.54) is 12.1 Å². The lowest BCUT2D eigenvalue weighted by molar-refractivity contribution is -0.274. The average Bonchev–Trinajstić information content (AvgIpc) is 2.90. The molecule has 0 N–H and O–H groups in total. The average molecular weight is 360 g/mol. The van der Waals surface area contributed by atoms with Crippen molar-refractivity contribution in [3.05, 3.63) is 47.5 Å². The van der Waals surface area contributed by atoms with Gasteiger partial charge in [-0.1, -0.05) is 0 Å². The molecule has 1 aromatic carbocycles. The van der Waals surface area contributed by atoms with E-state index in [-0.39, 0.29) is 5.75 Å². The molecule has 5 nitrogen and oxygen atoms in total. The Labute approximate surface area is 147 Å². The Balaban J connectivity index is 1.75. The van der Waals surface area contributed by atoms with Gasteiger partial charge in [-0.05, 0) is 44.0 Å². The molecule has 0 saturated heterocycles. The number of halogens is 3. The van der Waals surface area contributed by atoms with Crippen LogP contribution in [0.2, 0.25) is 0 Å². The number of alkyl halides is 3. The van der Waals surface area contributed by atoms with E-state index in [0.717, 1.165) is 52.4 Å². The van der Waals surface area contributed by atoms with E-state index >= 15 is 0 Å². The molecular formula is C18H15F3N4O. The predicted molar refractivity (Wildman–Crippen MR) is 88.5 cm³/mol. The lowest BCUT2D eigenvalue weighted by Gasteiger charge is -2.15. The number of hydrogen-bond acceptors (Lipinski definition) is 4. The van der Waals surface area contributed by atoms with Gasteiger partial charge in [-0.25, -0.2) is 9.97 Å². The summed E-state index contributed by atoms with van der Waals surface area (Å²) in [5.74, 6) is 0.482. The highest BCUT2D eigenvalue weighted by atomic mass is 19.4. The fourth-order valence-corrected chi connectivity index (χ4v) is 3.35. The van der Waals surface area contributed by atoms with Gasteiger partial charge in [0.15, 0.2) is 0 Å². The molecule has 0 radical (unpaired) electrons. The largest absolute Gasteiger partial charge is 0.573 e. The normalized spacial score (nSPS) is 13.3. The van der Waals surface area contributed by atoms with Gasteiger partial charge < -0.3 is 4.74 Å². The standard InChI is InChI=1S/C18H15F3N4O/c1-10-22-9-14-15(23-10)8-7-13-16(14)24-25(2)17(13)11-3-5-12(6-4-11)26-18(19,20)21/h3-6,9H,7-8H2,1-2H3. The van der Waals surface area contributed by atoms with Gasteiger partial charge in [0.25, 0.3) is 0 Å². The minimum atomic E-state index is -4.70. The molecule has 0 spiro atoms. The summed E-state index contributed by atoms with van der Waals surface area (Å²) in [7, 11) is 1.82. The van der Waals surface area contributed by atoms with Gasteiger partial charge in [0, 0.05) is 29.9 Å². The second kappa shape index (κ2) is 5.82. The third kappa shape index (κ3) is 2.91. The highest BCUT2D eigenvalue weighted by Crippen LogP contribution is 2.38. The van der Waals surface area contributed by atoms with Crippen molar-refractivity contribution < 1.29 is 17.9 Å². The van der Waals surface area contributed by atoms with Gasteiger partial charge in [-0.3, -0.25) is 4.68 Å². The minimum absolute atomic E-state index is 0.244. The van der Waals surface area contributed by atoms with Crippen LogP contribution < -0.4 is 4.74 Å². The SMILES string of the molecule is Cc1ncc2c(n1)CCc1c-2nn(C)c1-c1ccc(OC(F)(F)F)cc1. The maximum atomic E-state index is 12.3. The molecular weight excluding hydrogens is 345 g/mol. The second-order valence-electron chi connectivity index (χ2n) is 6.15. The van der Waals surface area contributed by atoms with Crippen molar-refractivity contribution in [2.45, 2.75) is 26.1 Å². The molecule has 2 heterocycles. The van der Waals surface area contributed by atoms with Gasteiger partial charge in [-0.15, -0.1) is 13.2 Å². The quantitative estimate of drug-likeness (QED) is 0.697. The van der Waals surface area contributed by atoms with E-state index in [0.29, 0.717) is 0 Å². The van der Waals surface area contributed by atoms with Crippen molar-refractivity contribution in [1.82, 2.24) is 19.7 Å². The van der Waals surface area contributed by atoms with Crippen LogP contribution in [0.15, 0.2) is 30.5 Å². The Hall–Kier alpha value is -2.90. The van der Waals surface area contributed by atoms with Crippen molar-refractivity contribution in [2.75, 3.05) is 0 Å². The van der Waals surface area contributed by atoms with Crippen molar-refractivity contribution in [2.24, 2.45) is 7.05 Å². The molecule has 2 aromatic heterocycles. The number of hydrogen-bond donors (Lipinski definition) is 0. The molecule has 3 aromatic rings. The first kappa shape index (κ1) is 16.6. The zero-order valence-corrected chi connectivity index (χ0v) is 14.1. The third-order valence-electron chi connectivity index (χ3n) is 4.36. The van der Waals surface area contributed by atoms with E-state index in [4.69, 9.17) is 0 Å². The number of benzene rings is 1. The molecule has 1 aliphatic carbocycles. The fraction of sp³-hybridized carbons (Fsp3) is 0.278. The molecule has 4 rings (SSSR count). The van der Waals surface area contributed by atoms with Crippen molar-refractivity contribution in [3.8, 4) is 28.3 Å². The maximum absolute atomic E-state index is 12.3. The van der Waals surface area contributed by atoms with Gasteiger partial charge >= 0.3 is 6.36 Å². The highest BCUT2D eigenvalue weighted by molar-refractivity contribution is 5.77. The van der Waals surface area contributed by atoms with Crippen molar-refractivity contribution in [3.63, 3.8) is 0 Å². The van der Waals surface area contributed by atoms with Crippen LogP contribution in [0.3, 0.4) is 0 Å². The first-order valence-corrected chi connectivity index (χ1v) is 8.07. The van der Waals surface area contributed by atoms with Gasteiger partial charge in [0.2, 0.25) is 0 Å². The number of aryl methyl sites for hydroxylation is 3. The number of fused-ring (bicyclic) bond motifs is 3. The van der Waals surface area contributed by atoms with Crippen LogP contribution in [0.1, 0.15) is 17.1 Å². The minimum Gasteiger partial charge on any atom is -0.406 e. The summed E-state index contributed by atoms with van der Waals surface area (Å²) < 4.78 is 42.7. The molecule has 26 heavy (non-hydrogen) atoms. The van der Waals surface area contributed by atoms with E-state index in [2.05, 4.69) is 19.8 Å². The summed E-state index contributed by atoms with van der Waals surface area (Å²) >= 11 is 0. The Morgan fingerprint density at radius 3 is 2.54 bits per heavy atom. The lowest BCUT2D eigenvalue weighted by atomic mass is 9.91. The maximum Gasteiger partial charge on any atom is 0.573 e. The second-order valence-corrected chi connectivity index (χ2v) is 6.15. The summed E-state index contributed by atoms with van der Waals surface area (Å²) in [6.45, 7) is 1.85. The lowest BCUT2D eigenvalue weighted by Crippen LogP contribution is -2.17. The van der Waals surface area contributed by atoms with Crippen molar-refractivity contribution in [1.29, 1.82) is 0 Å². The molecule has 134 valence electrons. The van der Waals surface area contributed by atoms with E-state index in [1.807, 2.05) is 14.0 Å². The Bertz CT molecular complexity index is 977. The number of rotatable bonds is 2. The van der Waals surface area contributed by atoms with Crippen molar-refractivity contribution >= 4 is 0 Å². The Morgan fingerprint density at radius 2 is 1.85 bits per heavy atom. The van der Waals surface area contributed by atoms with Crippen LogP contribution in [0.25, 0.3) is 22.5 Å². The first-order chi connectivity index (χ1) is 12.3. The fourth-order valence-electron chi connectivity index (χ4n) is 3.35. The summed E-state index contributed by atoms with van der Waals surface area (Å²) in [6, 6.07) is 5.84. The van der Waals surface area contributed by atoms with E-state index in [9.17, 15) is 13.2 Å². The van der Waals surface area contributed by atoms with Gasteiger partial charge in [-0.2, -0.15) is 5.10 Å².